The molecule has 1 aliphatic carbocycles. The number of benzene rings is 1. The minimum atomic E-state index is -0.443. The molecule has 7 heteroatoms. The van der Waals surface area contributed by atoms with Crippen molar-refractivity contribution >= 4 is 12.2 Å². The Kier molecular flexibility index (Phi) is 12.8. The predicted molar refractivity (Wildman–Crippen MR) is 134 cm³/mol. The van der Waals surface area contributed by atoms with Crippen LogP contribution in [0.5, 0.6) is 5.75 Å². The zero-order valence-corrected chi connectivity index (χ0v) is 20.1. The molecule has 1 aromatic carbocycles. The Hall–Kier alpha value is -3.45. The normalized spacial score (nSPS) is 12.3. The fraction of sp³-hybridized carbons (Fsp3) is 0.370. The van der Waals surface area contributed by atoms with Crippen LogP contribution >= 0.6 is 0 Å². The molecule has 0 saturated heterocycles. The number of amides is 1. The summed E-state index contributed by atoms with van der Waals surface area (Å²) in [7, 11) is 3.75. The summed E-state index contributed by atoms with van der Waals surface area (Å²) in [6, 6.07) is 16.6. The largest absolute Gasteiger partial charge is 0.487 e. The molecule has 7 nitrogen and oxygen atoms in total. The average Bonchev–Trinajstić information content (AvgIpc) is 3.39. The molecule has 2 N–H and O–H groups in total. The van der Waals surface area contributed by atoms with E-state index < -0.39 is 5.91 Å². The number of nitrogens with one attached hydrogen (secondary N) is 2. The third-order valence-corrected chi connectivity index (χ3v) is 4.91. The Labute approximate surface area is 201 Å². The van der Waals surface area contributed by atoms with E-state index in [2.05, 4.69) is 15.6 Å². The van der Waals surface area contributed by atoms with E-state index in [0.29, 0.717) is 30.1 Å². The van der Waals surface area contributed by atoms with Crippen LogP contribution in [0.15, 0.2) is 65.2 Å². The van der Waals surface area contributed by atoms with Gasteiger partial charge in [-0.05, 0) is 43.9 Å². The van der Waals surface area contributed by atoms with Gasteiger partial charge >= 0.3 is 0 Å². The number of ether oxygens (including phenoxy) is 1. The number of aldehydes is 1. The van der Waals surface area contributed by atoms with E-state index in [0.717, 1.165) is 5.56 Å². The first-order valence-electron chi connectivity index (χ1n) is 11.7. The molecule has 1 saturated carbocycles. The molecule has 1 aliphatic rings. The zero-order valence-electron chi connectivity index (χ0n) is 20.1. The van der Waals surface area contributed by atoms with Crippen LogP contribution in [0.25, 0.3) is 11.5 Å². The van der Waals surface area contributed by atoms with E-state index in [9.17, 15) is 9.59 Å². The lowest BCUT2D eigenvalue weighted by atomic mass is 10.0. The van der Waals surface area contributed by atoms with Crippen molar-refractivity contribution in [1.29, 1.82) is 0 Å². The maximum Gasteiger partial charge on any atom is 0.287 e. The molecule has 1 amide bonds. The smallest absolute Gasteiger partial charge is 0.287 e. The van der Waals surface area contributed by atoms with Gasteiger partial charge in [0.05, 0.1) is 12.7 Å². The summed E-state index contributed by atoms with van der Waals surface area (Å²) in [6.07, 6.45) is 11.2. The summed E-state index contributed by atoms with van der Waals surface area (Å²) >= 11 is 0. The number of pyridine rings is 1. The molecule has 0 atom stereocenters. The summed E-state index contributed by atoms with van der Waals surface area (Å²) in [4.78, 5) is 26.3. The molecule has 1 fully saturated rings. The van der Waals surface area contributed by atoms with Gasteiger partial charge in [-0.15, -0.1) is 0 Å². The lowest BCUT2D eigenvalue weighted by Gasteiger charge is -2.06. The highest BCUT2D eigenvalue weighted by Crippen LogP contribution is 2.22. The monoisotopic (exact) mass is 465 g/mol. The van der Waals surface area contributed by atoms with Crippen molar-refractivity contribution in [1.82, 2.24) is 15.6 Å². The highest BCUT2D eigenvalue weighted by Gasteiger charge is 2.12. The number of hydrogen-bond acceptors (Lipinski definition) is 6. The van der Waals surface area contributed by atoms with Crippen molar-refractivity contribution in [2.45, 2.75) is 45.1 Å². The second-order valence-corrected chi connectivity index (χ2v) is 7.82. The first-order chi connectivity index (χ1) is 16.7. The predicted octanol–water partition coefficient (Wildman–Crippen LogP) is 5.03. The third-order valence-electron chi connectivity index (χ3n) is 4.91. The van der Waals surface area contributed by atoms with Gasteiger partial charge in [0.2, 0.25) is 0 Å². The molecule has 2 aromatic heterocycles. The quantitative estimate of drug-likeness (QED) is 0.476. The number of nitrogens with zero attached hydrogens (tertiary/aromatic N) is 1. The molecule has 0 spiro atoms. The van der Waals surface area contributed by atoms with Crippen LogP contribution < -0.4 is 15.4 Å². The fourth-order valence-electron chi connectivity index (χ4n) is 3.23. The van der Waals surface area contributed by atoms with Crippen molar-refractivity contribution in [3.63, 3.8) is 0 Å². The SMILES string of the molecule is C1CCCCC1.CNC.O=CCNC(=O)c1ccc(-c2ccc(OCc3ccccc3)cn2)o1. The maximum absolute atomic E-state index is 11.7. The van der Waals surface area contributed by atoms with Crippen LogP contribution in [0.3, 0.4) is 0 Å². The Morgan fingerprint density at radius 1 is 0.971 bits per heavy atom. The molecule has 0 unspecified atom stereocenters. The van der Waals surface area contributed by atoms with E-state index in [4.69, 9.17) is 9.15 Å². The van der Waals surface area contributed by atoms with Crippen LogP contribution in [0.1, 0.15) is 54.6 Å². The second-order valence-electron chi connectivity index (χ2n) is 7.82. The van der Waals surface area contributed by atoms with Crippen molar-refractivity contribution in [3.05, 3.63) is 72.1 Å². The lowest BCUT2D eigenvalue weighted by molar-refractivity contribution is -0.107. The molecule has 0 aliphatic heterocycles. The third kappa shape index (κ3) is 10.0. The Bertz CT molecular complexity index is 940. The standard InChI is InChI=1S/C19H16N2O4.C6H12.C2H7N/c22-11-10-20-19(23)18-9-8-17(25-18)16-7-6-15(12-21-16)24-13-14-4-2-1-3-5-14;1-2-4-6-5-3-1;1-3-2/h1-9,11-12H,10,13H2,(H,20,23);1-6H2;3H,1-2H3. The first kappa shape index (κ1) is 26.8. The van der Waals surface area contributed by atoms with Crippen molar-refractivity contribution in [3.8, 4) is 17.2 Å². The molecule has 0 radical (unpaired) electrons. The molecule has 182 valence electrons. The summed E-state index contributed by atoms with van der Waals surface area (Å²) in [5.74, 6) is 0.790. The van der Waals surface area contributed by atoms with Gasteiger partial charge in [0.15, 0.2) is 11.5 Å². The number of carbonyl (C=O) groups excluding carboxylic acids is 2. The molecular formula is C27H35N3O4. The van der Waals surface area contributed by atoms with Crippen LogP contribution in [0.4, 0.5) is 0 Å². The molecule has 0 bridgehead atoms. The van der Waals surface area contributed by atoms with Crippen LogP contribution in [0, 0.1) is 0 Å². The van der Waals surface area contributed by atoms with Gasteiger partial charge in [0, 0.05) is 0 Å². The van der Waals surface area contributed by atoms with E-state index in [1.54, 1.807) is 24.4 Å². The van der Waals surface area contributed by atoms with Crippen LogP contribution in [-0.2, 0) is 11.4 Å². The van der Waals surface area contributed by atoms with Crippen LogP contribution in [0.2, 0.25) is 0 Å². The molecular weight excluding hydrogens is 430 g/mol. The summed E-state index contributed by atoms with van der Waals surface area (Å²) in [6.45, 7) is 0.407. The minimum Gasteiger partial charge on any atom is -0.487 e. The van der Waals surface area contributed by atoms with Gasteiger partial charge in [-0.3, -0.25) is 4.79 Å². The van der Waals surface area contributed by atoms with Crippen molar-refractivity contribution in [2.75, 3.05) is 20.6 Å². The molecule has 4 rings (SSSR count). The van der Waals surface area contributed by atoms with Gasteiger partial charge in [-0.2, -0.15) is 0 Å². The Morgan fingerprint density at radius 2 is 1.62 bits per heavy atom. The highest BCUT2D eigenvalue weighted by molar-refractivity contribution is 5.93. The number of hydrogen-bond donors (Lipinski definition) is 2. The maximum atomic E-state index is 11.7. The van der Waals surface area contributed by atoms with Gasteiger partial charge in [-0.25, -0.2) is 4.98 Å². The van der Waals surface area contributed by atoms with Crippen molar-refractivity contribution < 1.29 is 18.7 Å². The zero-order chi connectivity index (χ0) is 24.4. The lowest BCUT2D eigenvalue weighted by Crippen LogP contribution is -2.24. The van der Waals surface area contributed by atoms with Crippen molar-refractivity contribution in [2.24, 2.45) is 0 Å². The average molecular weight is 466 g/mol. The summed E-state index contributed by atoms with van der Waals surface area (Å²) in [5, 5.41) is 5.16. The Morgan fingerprint density at radius 3 is 2.18 bits per heavy atom. The van der Waals surface area contributed by atoms with Gasteiger partial charge in [0.1, 0.15) is 24.3 Å². The minimum absolute atomic E-state index is 0.0550. The Balaban J connectivity index is 0.000000383. The highest BCUT2D eigenvalue weighted by atomic mass is 16.5. The molecule has 2 heterocycles. The second kappa shape index (κ2) is 16.2. The summed E-state index contributed by atoms with van der Waals surface area (Å²) < 4.78 is 11.1. The number of furan rings is 1. The van der Waals surface area contributed by atoms with E-state index in [1.807, 2.05) is 44.4 Å². The van der Waals surface area contributed by atoms with Gasteiger partial charge in [0.25, 0.3) is 5.91 Å². The van der Waals surface area contributed by atoms with E-state index >= 15 is 0 Å². The fourth-order valence-corrected chi connectivity index (χ4v) is 3.23. The number of carbonyl (C=O) groups is 2. The first-order valence-corrected chi connectivity index (χ1v) is 11.7. The molecule has 34 heavy (non-hydrogen) atoms. The summed E-state index contributed by atoms with van der Waals surface area (Å²) in [5.41, 5.74) is 1.66. The number of aromatic nitrogens is 1. The van der Waals surface area contributed by atoms with Gasteiger partial charge < -0.3 is 24.6 Å². The van der Waals surface area contributed by atoms with E-state index in [-0.39, 0.29) is 12.3 Å². The number of rotatable bonds is 7. The topological polar surface area (TPSA) is 93.5 Å². The van der Waals surface area contributed by atoms with E-state index in [1.165, 1.54) is 44.6 Å². The van der Waals surface area contributed by atoms with Crippen LogP contribution in [-0.4, -0.2) is 37.8 Å². The van der Waals surface area contributed by atoms with Gasteiger partial charge in [-0.1, -0.05) is 68.9 Å². The molecule has 3 aromatic rings.